The van der Waals surface area contributed by atoms with Gasteiger partial charge in [-0.3, -0.25) is 0 Å². The minimum absolute atomic E-state index is 0.328. The smallest absolute Gasteiger partial charge is 0.0704 e. The molecule has 0 aliphatic carbocycles. The van der Waals surface area contributed by atoms with E-state index >= 15 is 0 Å². The van der Waals surface area contributed by atoms with Crippen molar-refractivity contribution in [3.8, 4) is 0 Å². The number of halogens is 1. The van der Waals surface area contributed by atoms with Gasteiger partial charge in [-0.05, 0) is 31.2 Å². The Labute approximate surface area is 83.5 Å². The van der Waals surface area contributed by atoms with Crippen LogP contribution in [0, 0.1) is 0 Å². The fourth-order valence-corrected chi connectivity index (χ4v) is 1.33. The fourth-order valence-electron chi connectivity index (χ4n) is 1.20. The van der Waals surface area contributed by atoms with Crippen LogP contribution in [0.25, 0.3) is 0 Å². The van der Waals surface area contributed by atoms with Gasteiger partial charge in [-0.1, -0.05) is 23.7 Å². The lowest BCUT2D eigenvalue weighted by atomic mass is 10.1. The molecule has 2 nitrogen and oxygen atoms in total. The van der Waals surface area contributed by atoms with E-state index in [1.807, 2.05) is 31.3 Å². The number of hydrogen-bond donors (Lipinski definition) is 2. The van der Waals surface area contributed by atoms with Gasteiger partial charge in [0.05, 0.1) is 6.10 Å². The molecule has 0 bridgehead atoms. The zero-order valence-corrected chi connectivity index (χ0v) is 8.38. The van der Waals surface area contributed by atoms with Crippen molar-refractivity contribution < 1.29 is 5.11 Å². The second-order valence-corrected chi connectivity index (χ2v) is 3.48. The van der Waals surface area contributed by atoms with Crippen LogP contribution >= 0.6 is 11.6 Å². The van der Waals surface area contributed by atoms with Crippen LogP contribution < -0.4 is 5.32 Å². The van der Waals surface area contributed by atoms with E-state index in [4.69, 9.17) is 11.6 Å². The quantitative estimate of drug-likeness (QED) is 0.770. The molecule has 0 aliphatic heterocycles. The summed E-state index contributed by atoms with van der Waals surface area (Å²) < 4.78 is 0. The Balaban J connectivity index is 2.49. The van der Waals surface area contributed by atoms with E-state index in [1.54, 1.807) is 0 Å². The van der Waals surface area contributed by atoms with Crippen LogP contribution in [0.4, 0.5) is 0 Å². The second-order valence-electron chi connectivity index (χ2n) is 3.04. The fraction of sp³-hybridized carbons (Fsp3) is 0.400. The molecule has 1 rings (SSSR count). The highest BCUT2D eigenvalue weighted by molar-refractivity contribution is 6.30. The maximum Gasteiger partial charge on any atom is 0.0704 e. The number of likely N-dealkylation sites (N-methyl/N-ethyl adjacent to an activating group) is 1. The maximum atomic E-state index is 9.48. The third kappa shape index (κ3) is 3.77. The zero-order valence-electron chi connectivity index (χ0n) is 7.63. The Morgan fingerprint density at radius 1 is 1.38 bits per heavy atom. The standard InChI is InChI=1S/C10H14ClNO/c1-12-7-10(13)6-8-2-4-9(11)5-3-8/h2-5,10,12-13H,6-7H2,1H3. The largest absolute Gasteiger partial charge is 0.391 e. The lowest BCUT2D eigenvalue weighted by Crippen LogP contribution is -2.25. The van der Waals surface area contributed by atoms with E-state index in [1.165, 1.54) is 0 Å². The summed E-state index contributed by atoms with van der Waals surface area (Å²) in [5.41, 5.74) is 1.10. The Hall–Kier alpha value is -0.570. The summed E-state index contributed by atoms with van der Waals surface area (Å²) in [6, 6.07) is 7.54. The van der Waals surface area contributed by atoms with Crippen LogP contribution in [0.1, 0.15) is 5.56 Å². The average Bonchev–Trinajstić information content (AvgIpc) is 2.09. The molecule has 1 aromatic rings. The molecule has 0 spiro atoms. The zero-order chi connectivity index (χ0) is 9.68. The average molecular weight is 200 g/mol. The van der Waals surface area contributed by atoms with Crippen molar-refractivity contribution >= 4 is 11.6 Å². The summed E-state index contributed by atoms with van der Waals surface area (Å²) in [7, 11) is 1.82. The molecule has 0 amide bonds. The van der Waals surface area contributed by atoms with Gasteiger partial charge in [0.2, 0.25) is 0 Å². The minimum Gasteiger partial charge on any atom is -0.391 e. The van der Waals surface area contributed by atoms with Crippen molar-refractivity contribution in [1.82, 2.24) is 5.32 Å². The summed E-state index contributed by atoms with van der Waals surface area (Å²) in [6.45, 7) is 0.614. The van der Waals surface area contributed by atoms with Crippen molar-refractivity contribution in [2.75, 3.05) is 13.6 Å². The van der Waals surface area contributed by atoms with Crippen molar-refractivity contribution in [2.24, 2.45) is 0 Å². The van der Waals surface area contributed by atoms with Crippen LogP contribution in [0.5, 0.6) is 0 Å². The van der Waals surface area contributed by atoms with Crippen molar-refractivity contribution in [3.05, 3.63) is 34.9 Å². The minimum atomic E-state index is -0.328. The van der Waals surface area contributed by atoms with Gasteiger partial charge >= 0.3 is 0 Å². The molecule has 1 unspecified atom stereocenters. The van der Waals surface area contributed by atoms with E-state index in [2.05, 4.69) is 5.32 Å². The monoisotopic (exact) mass is 199 g/mol. The highest BCUT2D eigenvalue weighted by Crippen LogP contribution is 2.10. The Morgan fingerprint density at radius 3 is 2.54 bits per heavy atom. The molecular weight excluding hydrogens is 186 g/mol. The number of aliphatic hydroxyl groups excluding tert-OH is 1. The van der Waals surface area contributed by atoms with Crippen molar-refractivity contribution in [3.63, 3.8) is 0 Å². The van der Waals surface area contributed by atoms with Crippen LogP contribution in [-0.4, -0.2) is 24.8 Å². The predicted octanol–water partition coefficient (Wildman–Crippen LogP) is 1.46. The molecule has 0 saturated heterocycles. The van der Waals surface area contributed by atoms with Crippen molar-refractivity contribution in [2.45, 2.75) is 12.5 Å². The van der Waals surface area contributed by atoms with Gasteiger partial charge in [0, 0.05) is 11.6 Å². The van der Waals surface area contributed by atoms with E-state index in [0.29, 0.717) is 13.0 Å². The molecule has 0 radical (unpaired) electrons. The number of rotatable bonds is 4. The first-order chi connectivity index (χ1) is 6.22. The molecule has 1 aromatic carbocycles. The third-order valence-electron chi connectivity index (χ3n) is 1.82. The molecule has 72 valence electrons. The van der Waals surface area contributed by atoms with E-state index in [0.717, 1.165) is 10.6 Å². The molecule has 0 aromatic heterocycles. The van der Waals surface area contributed by atoms with E-state index < -0.39 is 0 Å². The first-order valence-corrected chi connectivity index (χ1v) is 4.67. The molecule has 13 heavy (non-hydrogen) atoms. The number of aliphatic hydroxyl groups is 1. The van der Waals surface area contributed by atoms with Crippen LogP contribution in [-0.2, 0) is 6.42 Å². The van der Waals surface area contributed by atoms with Crippen LogP contribution in [0.2, 0.25) is 5.02 Å². The first kappa shape index (κ1) is 10.5. The molecular formula is C10H14ClNO. The third-order valence-corrected chi connectivity index (χ3v) is 2.08. The molecule has 0 heterocycles. The first-order valence-electron chi connectivity index (χ1n) is 4.29. The SMILES string of the molecule is CNCC(O)Cc1ccc(Cl)cc1. The Kier molecular flexibility index (Phi) is 4.22. The number of hydrogen-bond acceptors (Lipinski definition) is 2. The molecule has 0 fully saturated rings. The molecule has 0 aliphatic rings. The van der Waals surface area contributed by atoms with Crippen LogP contribution in [0.3, 0.4) is 0 Å². The molecule has 2 N–H and O–H groups in total. The van der Waals surface area contributed by atoms with Gasteiger partial charge in [0.25, 0.3) is 0 Å². The number of nitrogens with one attached hydrogen (secondary N) is 1. The summed E-state index contributed by atoms with van der Waals surface area (Å²) in [5, 5.41) is 13.1. The van der Waals surface area contributed by atoms with Gasteiger partial charge in [-0.25, -0.2) is 0 Å². The summed E-state index contributed by atoms with van der Waals surface area (Å²) in [5.74, 6) is 0. The summed E-state index contributed by atoms with van der Waals surface area (Å²) >= 11 is 5.73. The lowest BCUT2D eigenvalue weighted by molar-refractivity contribution is 0.175. The molecule has 0 saturated carbocycles. The van der Waals surface area contributed by atoms with Gasteiger partial charge in [-0.2, -0.15) is 0 Å². The number of benzene rings is 1. The lowest BCUT2D eigenvalue weighted by Gasteiger charge is -2.09. The van der Waals surface area contributed by atoms with Crippen molar-refractivity contribution in [1.29, 1.82) is 0 Å². The maximum absolute atomic E-state index is 9.48. The van der Waals surface area contributed by atoms with Crippen LogP contribution in [0.15, 0.2) is 24.3 Å². The molecule has 1 atom stereocenters. The summed E-state index contributed by atoms with van der Waals surface area (Å²) in [6.07, 6.45) is 0.337. The Bertz CT molecular complexity index is 248. The van der Waals surface area contributed by atoms with Gasteiger partial charge < -0.3 is 10.4 Å². The van der Waals surface area contributed by atoms with Gasteiger partial charge in [0.1, 0.15) is 0 Å². The summed E-state index contributed by atoms with van der Waals surface area (Å²) in [4.78, 5) is 0. The normalized spacial score (nSPS) is 12.8. The topological polar surface area (TPSA) is 32.3 Å². The highest BCUT2D eigenvalue weighted by atomic mass is 35.5. The molecule has 3 heteroatoms. The van der Waals surface area contributed by atoms with Gasteiger partial charge in [0.15, 0.2) is 0 Å². The van der Waals surface area contributed by atoms with E-state index in [9.17, 15) is 5.11 Å². The predicted molar refractivity (Wildman–Crippen MR) is 55.1 cm³/mol. The van der Waals surface area contributed by atoms with Gasteiger partial charge in [-0.15, -0.1) is 0 Å². The highest BCUT2D eigenvalue weighted by Gasteiger charge is 2.03. The Morgan fingerprint density at radius 2 is 2.00 bits per heavy atom. The van der Waals surface area contributed by atoms with E-state index in [-0.39, 0.29) is 6.10 Å². The second kappa shape index (κ2) is 5.22.